The smallest absolute Gasteiger partial charge is 0.328 e. The molecule has 2 aromatic rings. The van der Waals surface area contributed by atoms with Gasteiger partial charge in [-0.05, 0) is 43.3 Å². The Balaban J connectivity index is 1.78. The van der Waals surface area contributed by atoms with E-state index in [-0.39, 0.29) is 0 Å². The van der Waals surface area contributed by atoms with Crippen molar-refractivity contribution in [3.05, 3.63) is 65.2 Å². The van der Waals surface area contributed by atoms with Crippen LogP contribution in [-0.4, -0.2) is 30.4 Å². The van der Waals surface area contributed by atoms with E-state index in [0.717, 1.165) is 0 Å². The Morgan fingerprint density at radius 3 is 2.32 bits per heavy atom. The fraction of sp³-hybridized carbons (Fsp3) is 0.167. The zero-order chi connectivity index (χ0) is 18.2. The molecule has 1 atom stereocenters. The highest BCUT2D eigenvalue weighted by Gasteiger charge is 2.19. The molecule has 2 amide bonds. The number of carbonyl (C=O) groups excluding carboxylic acids is 3. The summed E-state index contributed by atoms with van der Waals surface area (Å²) in [5.74, 6) is -1.58. The molecule has 0 aliphatic heterocycles. The molecule has 0 radical (unpaired) electrons. The Morgan fingerprint density at radius 2 is 1.68 bits per heavy atom. The van der Waals surface area contributed by atoms with Crippen molar-refractivity contribution in [1.82, 2.24) is 5.32 Å². The van der Waals surface area contributed by atoms with E-state index < -0.39 is 30.4 Å². The number of benzene rings is 2. The Kier molecular flexibility index (Phi) is 6.54. The summed E-state index contributed by atoms with van der Waals surface area (Å²) < 4.78 is 4.91. The molecule has 0 aliphatic carbocycles. The van der Waals surface area contributed by atoms with Gasteiger partial charge in [0.1, 0.15) is 6.04 Å². The summed E-state index contributed by atoms with van der Waals surface area (Å²) in [4.78, 5) is 35.6. The van der Waals surface area contributed by atoms with Gasteiger partial charge in [-0.15, -0.1) is 0 Å². The summed E-state index contributed by atoms with van der Waals surface area (Å²) in [7, 11) is 0. The third-order valence-electron chi connectivity index (χ3n) is 3.21. The van der Waals surface area contributed by atoms with Gasteiger partial charge in [0.25, 0.3) is 11.8 Å². The lowest BCUT2D eigenvalue weighted by Gasteiger charge is -2.13. The van der Waals surface area contributed by atoms with E-state index in [2.05, 4.69) is 10.6 Å². The minimum Gasteiger partial charge on any atom is -0.454 e. The molecular formula is C18H17ClN2O4. The first-order chi connectivity index (χ1) is 12.0. The molecule has 0 bridgehead atoms. The van der Waals surface area contributed by atoms with Gasteiger partial charge in [-0.1, -0.05) is 29.8 Å². The number of amides is 2. The van der Waals surface area contributed by atoms with Gasteiger partial charge in [-0.25, -0.2) is 4.79 Å². The average Bonchev–Trinajstić information content (AvgIpc) is 2.62. The second-order valence-electron chi connectivity index (χ2n) is 5.22. The lowest BCUT2D eigenvalue weighted by molar-refractivity contribution is -0.148. The fourth-order valence-corrected chi connectivity index (χ4v) is 2.05. The Hall–Kier alpha value is -2.86. The average molecular weight is 361 g/mol. The molecule has 2 N–H and O–H groups in total. The molecule has 130 valence electrons. The molecule has 25 heavy (non-hydrogen) atoms. The van der Waals surface area contributed by atoms with Gasteiger partial charge >= 0.3 is 5.97 Å². The largest absolute Gasteiger partial charge is 0.454 e. The zero-order valence-electron chi connectivity index (χ0n) is 13.5. The van der Waals surface area contributed by atoms with E-state index >= 15 is 0 Å². The number of hydrogen-bond acceptors (Lipinski definition) is 4. The maximum atomic E-state index is 12.0. The highest BCUT2D eigenvalue weighted by atomic mass is 35.5. The Labute approximate surface area is 150 Å². The molecule has 2 aromatic carbocycles. The van der Waals surface area contributed by atoms with Gasteiger partial charge in [0.15, 0.2) is 6.61 Å². The number of carbonyl (C=O) groups is 3. The molecule has 0 aromatic heterocycles. The van der Waals surface area contributed by atoms with E-state index in [1.54, 1.807) is 54.6 Å². The van der Waals surface area contributed by atoms with Crippen molar-refractivity contribution < 1.29 is 19.1 Å². The van der Waals surface area contributed by atoms with Crippen LogP contribution in [0.1, 0.15) is 17.3 Å². The van der Waals surface area contributed by atoms with Crippen molar-refractivity contribution in [2.75, 3.05) is 11.9 Å². The molecule has 0 spiro atoms. The van der Waals surface area contributed by atoms with Crippen LogP contribution in [-0.2, 0) is 14.3 Å². The number of hydrogen-bond donors (Lipinski definition) is 2. The fourth-order valence-electron chi connectivity index (χ4n) is 1.92. The van der Waals surface area contributed by atoms with Gasteiger partial charge < -0.3 is 15.4 Å². The highest BCUT2D eigenvalue weighted by molar-refractivity contribution is 6.30. The number of anilines is 1. The first kappa shape index (κ1) is 18.5. The van der Waals surface area contributed by atoms with Crippen LogP contribution >= 0.6 is 11.6 Å². The summed E-state index contributed by atoms with van der Waals surface area (Å²) >= 11 is 5.76. The minimum atomic E-state index is -0.879. The normalized spacial score (nSPS) is 11.3. The molecule has 0 saturated heterocycles. The predicted octanol–water partition coefficient (Wildman–Crippen LogP) is 2.64. The second kappa shape index (κ2) is 8.84. The lowest BCUT2D eigenvalue weighted by Crippen LogP contribution is -2.40. The van der Waals surface area contributed by atoms with Crippen LogP contribution in [0.2, 0.25) is 5.02 Å². The molecule has 7 heteroatoms. The first-order valence-electron chi connectivity index (χ1n) is 7.53. The van der Waals surface area contributed by atoms with E-state index in [1.165, 1.54) is 6.92 Å². The number of halogens is 1. The number of esters is 1. The van der Waals surface area contributed by atoms with Gasteiger partial charge in [-0.3, -0.25) is 9.59 Å². The topological polar surface area (TPSA) is 84.5 Å². The third-order valence-corrected chi connectivity index (χ3v) is 3.46. The van der Waals surface area contributed by atoms with Crippen molar-refractivity contribution in [1.29, 1.82) is 0 Å². The predicted molar refractivity (Wildman–Crippen MR) is 94.4 cm³/mol. The molecular weight excluding hydrogens is 344 g/mol. The van der Waals surface area contributed by atoms with Crippen LogP contribution in [0.5, 0.6) is 0 Å². The van der Waals surface area contributed by atoms with Crippen molar-refractivity contribution >= 4 is 35.1 Å². The quantitative estimate of drug-likeness (QED) is 0.775. The second-order valence-corrected chi connectivity index (χ2v) is 5.66. The first-order valence-corrected chi connectivity index (χ1v) is 7.91. The zero-order valence-corrected chi connectivity index (χ0v) is 14.2. The van der Waals surface area contributed by atoms with Crippen molar-refractivity contribution in [2.45, 2.75) is 13.0 Å². The molecule has 0 unspecified atom stereocenters. The van der Waals surface area contributed by atoms with E-state index in [9.17, 15) is 14.4 Å². The van der Waals surface area contributed by atoms with Crippen LogP contribution in [0.15, 0.2) is 54.6 Å². The van der Waals surface area contributed by atoms with Gasteiger partial charge in [0.05, 0.1) is 0 Å². The number of nitrogens with one attached hydrogen (secondary N) is 2. The summed E-state index contributed by atoms with van der Waals surface area (Å²) in [6.45, 7) is 1.04. The molecule has 0 heterocycles. The number of ether oxygens (including phenoxy) is 1. The van der Waals surface area contributed by atoms with Crippen molar-refractivity contribution in [2.24, 2.45) is 0 Å². The summed E-state index contributed by atoms with van der Waals surface area (Å²) in [5.41, 5.74) is 0.971. The van der Waals surface area contributed by atoms with Crippen molar-refractivity contribution in [3.63, 3.8) is 0 Å². The van der Waals surface area contributed by atoms with Crippen LogP contribution in [0, 0.1) is 0 Å². The van der Waals surface area contributed by atoms with Crippen LogP contribution in [0.3, 0.4) is 0 Å². The monoisotopic (exact) mass is 360 g/mol. The third kappa shape index (κ3) is 5.93. The van der Waals surface area contributed by atoms with Crippen LogP contribution in [0.25, 0.3) is 0 Å². The lowest BCUT2D eigenvalue weighted by atomic mass is 10.2. The van der Waals surface area contributed by atoms with E-state index in [1.807, 2.05) is 0 Å². The van der Waals surface area contributed by atoms with Gasteiger partial charge in [0.2, 0.25) is 0 Å². The summed E-state index contributed by atoms with van der Waals surface area (Å²) in [6, 6.07) is 14.1. The standard InChI is InChI=1S/C18H17ClN2O4/c1-12(20-17(23)13-5-3-2-4-6-13)18(24)25-11-16(22)21-15-9-7-14(19)8-10-15/h2-10,12H,11H2,1H3,(H,20,23)(H,21,22)/t12-/m0/s1. The molecule has 2 rings (SSSR count). The van der Waals surface area contributed by atoms with E-state index in [4.69, 9.17) is 16.3 Å². The highest BCUT2D eigenvalue weighted by Crippen LogP contribution is 2.13. The van der Waals surface area contributed by atoms with Gasteiger partial charge in [0, 0.05) is 16.3 Å². The Morgan fingerprint density at radius 1 is 1.04 bits per heavy atom. The van der Waals surface area contributed by atoms with E-state index in [0.29, 0.717) is 16.3 Å². The van der Waals surface area contributed by atoms with Gasteiger partial charge in [-0.2, -0.15) is 0 Å². The maximum Gasteiger partial charge on any atom is 0.328 e. The molecule has 0 aliphatic rings. The molecule has 6 nitrogen and oxygen atoms in total. The van der Waals surface area contributed by atoms with Crippen LogP contribution < -0.4 is 10.6 Å². The summed E-state index contributed by atoms with van der Waals surface area (Å²) in [5, 5.41) is 5.63. The minimum absolute atomic E-state index is 0.393. The van der Waals surface area contributed by atoms with Crippen molar-refractivity contribution in [3.8, 4) is 0 Å². The van der Waals surface area contributed by atoms with Crippen LogP contribution in [0.4, 0.5) is 5.69 Å². The number of rotatable bonds is 6. The maximum absolute atomic E-state index is 12.0. The Bertz CT molecular complexity index is 747. The molecule has 0 fully saturated rings. The SMILES string of the molecule is C[C@H](NC(=O)c1ccccc1)C(=O)OCC(=O)Nc1ccc(Cl)cc1. The summed E-state index contributed by atoms with van der Waals surface area (Å²) in [6.07, 6.45) is 0. The molecule has 0 saturated carbocycles.